The first-order chi connectivity index (χ1) is 6.04. The summed E-state index contributed by atoms with van der Waals surface area (Å²) < 4.78 is 38.3. The van der Waals surface area contributed by atoms with Crippen molar-refractivity contribution in [1.82, 2.24) is 0 Å². The molecule has 13 heavy (non-hydrogen) atoms. The highest BCUT2D eigenvalue weighted by Crippen LogP contribution is 2.17. The molecule has 0 fully saturated rings. The molecule has 0 heterocycles. The molecular formula is C8H9FO3S. The average Bonchev–Trinajstić information content (AvgIpc) is 2.04. The molecule has 5 heteroatoms. The second kappa shape index (κ2) is 3.74. The fourth-order valence-electron chi connectivity index (χ4n) is 0.858. The van der Waals surface area contributed by atoms with E-state index in [-0.39, 0.29) is 10.6 Å². The molecule has 0 bridgehead atoms. The smallest absolute Gasteiger partial charge is 0.228 e. The van der Waals surface area contributed by atoms with Gasteiger partial charge in [-0.25, -0.2) is 12.8 Å². The van der Waals surface area contributed by atoms with E-state index in [1.165, 1.54) is 24.3 Å². The van der Waals surface area contributed by atoms with Gasteiger partial charge in [0.1, 0.15) is 5.75 Å². The van der Waals surface area contributed by atoms with Crippen molar-refractivity contribution >= 4 is 9.84 Å². The molecule has 3 nitrogen and oxygen atoms in total. The zero-order valence-corrected chi connectivity index (χ0v) is 7.84. The van der Waals surface area contributed by atoms with Gasteiger partial charge in [-0.15, -0.1) is 0 Å². The monoisotopic (exact) mass is 204 g/mol. The lowest BCUT2D eigenvalue weighted by Crippen LogP contribution is -1.98. The van der Waals surface area contributed by atoms with Crippen molar-refractivity contribution in [2.75, 3.05) is 13.1 Å². The highest BCUT2D eigenvalue weighted by Gasteiger charge is 2.07. The van der Waals surface area contributed by atoms with Crippen molar-refractivity contribution in [1.29, 1.82) is 0 Å². The summed E-state index contributed by atoms with van der Waals surface area (Å²) in [6.07, 6.45) is 1.08. The molecule has 0 aliphatic heterocycles. The SMILES string of the molecule is CS(=O)(=O)c1cccc(OCF)c1. The van der Waals surface area contributed by atoms with E-state index >= 15 is 0 Å². The normalized spacial score (nSPS) is 11.2. The first-order valence-electron chi connectivity index (χ1n) is 3.53. The Kier molecular flexibility index (Phi) is 2.87. The zero-order valence-electron chi connectivity index (χ0n) is 7.03. The van der Waals surface area contributed by atoms with E-state index in [4.69, 9.17) is 0 Å². The molecule has 0 aliphatic rings. The second-order valence-corrected chi connectivity index (χ2v) is 4.52. The highest BCUT2D eigenvalue weighted by molar-refractivity contribution is 7.90. The van der Waals surface area contributed by atoms with Crippen LogP contribution in [0.15, 0.2) is 29.2 Å². The maximum atomic E-state index is 11.7. The molecule has 0 spiro atoms. The number of hydrogen-bond acceptors (Lipinski definition) is 3. The van der Waals surface area contributed by atoms with E-state index in [1.54, 1.807) is 0 Å². The minimum atomic E-state index is -3.25. The van der Waals surface area contributed by atoms with Crippen LogP contribution in [-0.2, 0) is 9.84 Å². The molecular weight excluding hydrogens is 195 g/mol. The summed E-state index contributed by atoms with van der Waals surface area (Å²) in [5, 5.41) is 0. The third-order valence-electron chi connectivity index (χ3n) is 1.45. The third-order valence-corrected chi connectivity index (χ3v) is 2.57. The molecule has 0 unspecified atom stereocenters. The molecule has 0 aromatic heterocycles. The summed E-state index contributed by atoms with van der Waals surface area (Å²) >= 11 is 0. The molecule has 0 radical (unpaired) electrons. The maximum absolute atomic E-state index is 11.7. The quantitative estimate of drug-likeness (QED) is 0.747. The highest BCUT2D eigenvalue weighted by atomic mass is 32.2. The van der Waals surface area contributed by atoms with E-state index in [9.17, 15) is 12.8 Å². The second-order valence-electron chi connectivity index (χ2n) is 2.50. The van der Waals surface area contributed by atoms with Crippen molar-refractivity contribution in [2.45, 2.75) is 4.90 Å². The summed E-state index contributed by atoms with van der Waals surface area (Å²) in [5.74, 6) is 0.213. The van der Waals surface area contributed by atoms with Gasteiger partial charge in [-0.05, 0) is 18.2 Å². The Labute approximate surface area is 76.1 Å². The van der Waals surface area contributed by atoms with E-state index in [1.807, 2.05) is 0 Å². The van der Waals surface area contributed by atoms with Gasteiger partial charge in [0.15, 0.2) is 9.84 Å². The average molecular weight is 204 g/mol. The molecule has 1 rings (SSSR count). The molecule has 1 aromatic carbocycles. The van der Waals surface area contributed by atoms with Crippen LogP contribution >= 0.6 is 0 Å². The molecule has 0 saturated heterocycles. The Bertz CT molecular complexity index is 386. The number of benzene rings is 1. The molecule has 1 aromatic rings. The summed E-state index contributed by atoms with van der Waals surface area (Å²) in [5.41, 5.74) is 0. The van der Waals surface area contributed by atoms with Crippen molar-refractivity contribution in [2.24, 2.45) is 0 Å². The predicted octanol–water partition coefficient (Wildman–Crippen LogP) is 1.40. The van der Waals surface area contributed by atoms with E-state index < -0.39 is 16.7 Å². The van der Waals surface area contributed by atoms with Crippen molar-refractivity contribution in [3.63, 3.8) is 0 Å². The Morgan fingerprint density at radius 3 is 2.69 bits per heavy atom. The Morgan fingerprint density at radius 2 is 2.15 bits per heavy atom. The number of hydrogen-bond donors (Lipinski definition) is 0. The van der Waals surface area contributed by atoms with Gasteiger partial charge >= 0.3 is 0 Å². The van der Waals surface area contributed by atoms with Gasteiger partial charge in [0.05, 0.1) is 4.90 Å². The van der Waals surface area contributed by atoms with Crippen LogP contribution in [0.2, 0.25) is 0 Å². The van der Waals surface area contributed by atoms with Crippen LogP contribution in [0.3, 0.4) is 0 Å². The third kappa shape index (κ3) is 2.69. The fraction of sp³-hybridized carbons (Fsp3) is 0.250. The Morgan fingerprint density at radius 1 is 1.46 bits per heavy atom. The van der Waals surface area contributed by atoms with Crippen LogP contribution in [0.25, 0.3) is 0 Å². The molecule has 0 atom stereocenters. The van der Waals surface area contributed by atoms with Gasteiger partial charge in [0.2, 0.25) is 6.86 Å². The first kappa shape index (κ1) is 9.98. The van der Waals surface area contributed by atoms with Gasteiger partial charge in [-0.3, -0.25) is 0 Å². The van der Waals surface area contributed by atoms with E-state index in [0.29, 0.717) is 0 Å². The van der Waals surface area contributed by atoms with Gasteiger partial charge in [0.25, 0.3) is 0 Å². The van der Waals surface area contributed by atoms with Gasteiger partial charge in [0, 0.05) is 6.26 Å². The zero-order chi connectivity index (χ0) is 9.90. The number of halogens is 1. The van der Waals surface area contributed by atoms with E-state index in [2.05, 4.69) is 4.74 Å². The van der Waals surface area contributed by atoms with Crippen molar-refractivity contribution in [3.05, 3.63) is 24.3 Å². The minimum absolute atomic E-state index is 0.124. The largest absolute Gasteiger partial charge is 0.463 e. The lowest BCUT2D eigenvalue weighted by molar-refractivity contribution is 0.191. The van der Waals surface area contributed by atoms with Crippen LogP contribution in [0.1, 0.15) is 0 Å². The number of ether oxygens (including phenoxy) is 1. The summed E-state index contributed by atoms with van der Waals surface area (Å²) in [6.45, 7) is -0.965. The molecule has 0 amide bonds. The number of rotatable bonds is 3. The van der Waals surface area contributed by atoms with Gasteiger partial charge in [-0.2, -0.15) is 0 Å². The minimum Gasteiger partial charge on any atom is -0.463 e. The van der Waals surface area contributed by atoms with Gasteiger partial charge in [-0.1, -0.05) is 6.07 Å². The lowest BCUT2D eigenvalue weighted by Gasteiger charge is -2.02. The first-order valence-corrected chi connectivity index (χ1v) is 5.42. The molecule has 72 valence electrons. The van der Waals surface area contributed by atoms with Gasteiger partial charge < -0.3 is 4.74 Å². The lowest BCUT2D eigenvalue weighted by atomic mass is 10.3. The van der Waals surface area contributed by atoms with Crippen molar-refractivity contribution < 1.29 is 17.5 Å². The summed E-state index contributed by atoms with van der Waals surface area (Å²) in [6, 6.07) is 5.71. The van der Waals surface area contributed by atoms with Crippen LogP contribution in [0, 0.1) is 0 Å². The van der Waals surface area contributed by atoms with Crippen LogP contribution in [-0.4, -0.2) is 21.5 Å². The number of alkyl halides is 1. The topological polar surface area (TPSA) is 43.4 Å². The maximum Gasteiger partial charge on any atom is 0.228 e. The molecule has 0 saturated carbocycles. The van der Waals surface area contributed by atoms with Crippen LogP contribution in [0.5, 0.6) is 5.75 Å². The van der Waals surface area contributed by atoms with Crippen LogP contribution in [0.4, 0.5) is 4.39 Å². The molecule has 0 N–H and O–H groups in total. The Balaban J connectivity index is 3.06. The van der Waals surface area contributed by atoms with Crippen molar-refractivity contribution in [3.8, 4) is 5.75 Å². The van der Waals surface area contributed by atoms with E-state index in [0.717, 1.165) is 6.26 Å². The number of sulfone groups is 1. The predicted molar refractivity (Wildman–Crippen MR) is 46.2 cm³/mol. The summed E-state index contributed by atoms with van der Waals surface area (Å²) in [7, 11) is -3.25. The fourth-order valence-corrected chi connectivity index (χ4v) is 1.51. The van der Waals surface area contributed by atoms with Crippen LogP contribution < -0.4 is 4.74 Å². The molecule has 0 aliphatic carbocycles. The standard InChI is InChI=1S/C8H9FO3S/c1-13(10,11)8-4-2-3-7(5-8)12-6-9/h2-5H,6H2,1H3. The summed E-state index contributed by atoms with van der Waals surface area (Å²) in [4.78, 5) is 0.124. The Hall–Kier alpha value is -1.10.